The number of nitrogens with two attached hydrogens (primary N) is 1. The van der Waals surface area contributed by atoms with Gasteiger partial charge >= 0.3 is 0 Å². The van der Waals surface area contributed by atoms with Crippen molar-refractivity contribution in [3.63, 3.8) is 0 Å². The molecule has 140 valence electrons. The number of anilines is 1. The van der Waals surface area contributed by atoms with Crippen LogP contribution < -0.4 is 15.2 Å². The molecule has 29 heavy (non-hydrogen) atoms. The predicted octanol–water partition coefficient (Wildman–Crippen LogP) is 5.57. The van der Waals surface area contributed by atoms with Gasteiger partial charge in [-0.25, -0.2) is 0 Å². The fourth-order valence-electron chi connectivity index (χ4n) is 4.79. The quantitative estimate of drug-likeness (QED) is 0.339. The summed E-state index contributed by atoms with van der Waals surface area (Å²) < 4.78 is 12.5. The van der Waals surface area contributed by atoms with Gasteiger partial charge in [0.2, 0.25) is 0 Å². The van der Waals surface area contributed by atoms with Gasteiger partial charge in [-0.2, -0.15) is 0 Å². The second kappa shape index (κ2) is 5.55. The van der Waals surface area contributed by atoms with Crippen LogP contribution in [0.4, 0.5) is 5.69 Å². The molecule has 4 nitrogen and oxygen atoms in total. The zero-order chi connectivity index (χ0) is 19.6. The van der Waals surface area contributed by atoms with Crippen molar-refractivity contribution < 1.29 is 14.6 Å². The van der Waals surface area contributed by atoms with Crippen molar-refractivity contribution in [3.05, 3.63) is 107 Å². The lowest BCUT2D eigenvalue weighted by Crippen LogP contribution is -2.37. The molecule has 2 aliphatic heterocycles. The lowest BCUT2D eigenvalue weighted by atomic mass is 9.61. The number of ether oxygens (including phenoxy) is 2. The number of hydrogen-bond acceptors (Lipinski definition) is 4. The van der Waals surface area contributed by atoms with Gasteiger partial charge in [0.25, 0.3) is 0 Å². The van der Waals surface area contributed by atoms with Crippen molar-refractivity contribution >= 4 is 5.69 Å². The summed E-state index contributed by atoms with van der Waals surface area (Å²) in [6.45, 7) is 0. The molecule has 0 amide bonds. The summed E-state index contributed by atoms with van der Waals surface area (Å²) in [6.07, 6.45) is 0. The molecule has 6 rings (SSSR count). The second-order valence-electron chi connectivity index (χ2n) is 7.32. The first kappa shape index (κ1) is 16.1. The first-order valence-electron chi connectivity index (χ1n) is 9.47. The molecular weight excluding hydrogens is 362 g/mol. The molecule has 4 aromatic rings. The van der Waals surface area contributed by atoms with Gasteiger partial charge < -0.3 is 20.3 Å². The molecule has 0 saturated heterocycles. The van der Waals surface area contributed by atoms with Crippen molar-refractivity contribution in [2.75, 3.05) is 5.73 Å². The SMILES string of the molecule is Nc1cccc2c1[C@]1(c3ccccc3O2)c2ccccc2Oc2cccc(O)c21. The number of para-hydroxylation sites is 2. The molecular formula is C25H17NO3. The van der Waals surface area contributed by atoms with Gasteiger partial charge in [-0.15, -0.1) is 0 Å². The molecule has 2 aliphatic rings. The first-order valence-corrected chi connectivity index (χ1v) is 9.47. The van der Waals surface area contributed by atoms with Gasteiger partial charge in [-0.3, -0.25) is 0 Å². The Kier molecular flexibility index (Phi) is 3.08. The maximum atomic E-state index is 11.1. The Hall–Kier alpha value is -3.92. The number of phenolic OH excluding ortho intramolecular Hbond substituents is 1. The maximum absolute atomic E-state index is 11.1. The third-order valence-corrected chi connectivity index (χ3v) is 5.83. The lowest BCUT2D eigenvalue weighted by molar-refractivity contribution is 0.383. The highest BCUT2D eigenvalue weighted by Gasteiger charge is 2.52. The van der Waals surface area contributed by atoms with E-state index in [-0.39, 0.29) is 5.75 Å². The van der Waals surface area contributed by atoms with E-state index < -0.39 is 5.41 Å². The number of phenols is 1. The molecule has 0 aliphatic carbocycles. The van der Waals surface area contributed by atoms with Crippen molar-refractivity contribution in [1.29, 1.82) is 0 Å². The normalized spacial score (nSPS) is 17.9. The largest absolute Gasteiger partial charge is 0.507 e. The molecule has 4 aromatic carbocycles. The van der Waals surface area contributed by atoms with Crippen LogP contribution in [0.3, 0.4) is 0 Å². The molecule has 0 unspecified atom stereocenters. The van der Waals surface area contributed by atoms with Crippen LogP contribution in [0.1, 0.15) is 22.3 Å². The highest BCUT2D eigenvalue weighted by Crippen LogP contribution is 2.64. The van der Waals surface area contributed by atoms with Crippen LogP contribution >= 0.6 is 0 Å². The Morgan fingerprint density at radius 3 is 1.76 bits per heavy atom. The molecule has 2 heterocycles. The summed E-state index contributed by atoms with van der Waals surface area (Å²) in [7, 11) is 0. The molecule has 3 N–H and O–H groups in total. The zero-order valence-corrected chi connectivity index (χ0v) is 15.4. The minimum Gasteiger partial charge on any atom is -0.507 e. The molecule has 1 atom stereocenters. The van der Waals surface area contributed by atoms with Gasteiger partial charge in [-0.05, 0) is 36.4 Å². The molecule has 0 fully saturated rings. The molecule has 0 radical (unpaired) electrons. The number of benzene rings is 4. The number of fused-ring (bicyclic) bond motifs is 8. The summed E-state index contributed by atoms with van der Waals surface area (Å²) in [5.74, 6) is 2.90. The van der Waals surface area contributed by atoms with Crippen LogP contribution in [0.15, 0.2) is 84.9 Å². The van der Waals surface area contributed by atoms with Crippen LogP contribution in [0.2, 0.25) is 0 Å². The van der Waals surface area contributed by atoms with Crippen molar-refractivity contribution in [3.8, 4) is 28.7 Å². The topological polar surface area (TPSA) is 64.7 Å². The number of rotatable bonds is 0. The Morgan fingerprint density at radius 2 is 1.10 bits per heavy atom. The average molecular weight is 379 g/mol. The Morgan fingerprint density at radius 1 is 0.586 bits per heavy atom. The van der Waals surface area contributed by atoms with Crippen LogP contribution in [-0.4, -0.2) is 5.11 Å². The summed E-state index contributed by atoms with van der Waals surface area (Å²) in [5, 5.41) is 11.1. The van der Waals surface area contributed by atoms with Crippen molar-refractivity contribution in [2.24, 2.45) is 0 Å². The van der Waals surface area contributed by atoms with E-state index in [0.29, 0.717) is 22.7 Å². The number of nitrogen functional groups attached to an aromatic ring is 1. The summed E-state index contributed by atoms with van der Waals surface area (Å²) in [6, 6.07) is 26.8. The summed E-state index contributed by atoms with van der Waals surface area (Å²) >= 11 is 0. The standard InChI is InChI=1S/C25H17NO3/c26-17-9-5-13-21-23(17)25(15-7-1-3-11-19(15)28-21)16-8-2-4-12-20(16)29-22-14-6-10-18(27)24(22)25/h1-14,27H,26H2/t25-/m0/s1. The second-order valence-corrected chi connectivity index (χ2v) is 7.32. The van der Waals surface area contributed by atoms with Crippen LogP contribution in [0, 0.1) is 0 Å². The van der Waals surface area contributed by atoms with Gasteiger partial charge in [0, 0.05) is 22.4 Å². The predicted molar refractivity (Wildman–Crippen MR) is 111 cm³/mol. The minimum atomic E-state index is -0.856. The smallest absolute Gasteiger partial charge is 0.135 e. The van der Waals surface area contributed by atoms with Crippen LogP contribution in [0.25, 0.3) is 0 Å². The minimum absolute atomic E-state index is 0.155. The zero-order valence-electron chi connectivity index (χ0n) is 15.4. The van der Waals surface area contributed by atoms with E-state index in [1.54, 1.807) is 12.1 Å². The van der Waals surface area contributed by atoms with Gasteiger partial charge in [0.05, 0.1) is 11.0 Å². The molecule has 0 bridgehead atoms. The lowest BCUT2D eigenvalue weighted by Gasteiger charge is -2.45. The number of hydrogen-bond donors (Lipinski definition) is 2. The molecule has 0 saturated carbocycles. The van der Waals surface area contributed by atoms with E-state index in [0.717, 1.165) is 28.2 Å². The third-order valence-electron chi connectivity index (χ3n) is 5.83. The average Bonchev–Trinajstić information content (AvgIpc) is 2.74. The van der Waals surface area contributed by atoms with Gasteiger partial charge in [0.1, 0.15) is 28.7 Å². The van der Waals surface area contributed by atoms with E-state index in [9.17, 15) is 5.11 Å². The number of aromatic hydroxyl groups is 1. The highest BCUT2D eigenvalue weighted by atomic mass is 16.5. The van der Waals surface area contributed by atoms with Crippen molar-refractivity contribution in [2.45, 2.75) is 5.41 Å². The highest BCUT2D eigenvalue weighted by molar-refractivity contribution is 5.80. The Balaban J connectivity index is 1.90. The summed E-state index contributed by atoms with van der Waals surface area (Å²) in [5.41, 5.74) is 9.64. The van der Waals surface area contributed by atoms with Crippen molar-refractivity contribution in [1.82, 2.24) is 0 Å². The third kappa shape index (κ3) is 1.93. The molecule has 1 spiro atoms. The summed E-state index contributed by atoms with van der Waals surface area (Å²) in [4.78, 5) is 0. The van der Waals surface area contributed by atoms with Gasteiger partial charge in [0.15, 0.2) is 0 Å². The fourth-order valence-corrected chi connectivity index (χ4v) is 4.79. The Bertz CT molecular complexity index is 1190. The molecule has 0 aromatic heterocycles. The first-order chi connectivity index (χ1) is 14.2. The van der Waals surface area contributed by atoms with Crippen LogP contribution in [-0.2, 0) is 5.41 Å². The fraction of sp³-hybridized carbons (Fsp3) is 0.0400. The van der Waals surface area contributed by atoms with Crippen LogP contribution in [0.5, 0.6) is 28.7 Å². The maximum Gasteiger partial charge on any atom is 0.135 e. The Labute approximate surface area is 167 Å². The van der Waals surface area contributed by atoms with E-state index in [1.165, 1.54) is 0 Å². The monoisotopic (exact) mass is 379 g/mol. The van der Waals surface area contributed by atoms with Gasteiger partial charge in [-0.1, -0.05) is 48.5 Å². The van der Waals surface area contributed by atoms with E-state index >= 15 is 0 Å². The van der Waals surface area contributed by atoms with E-state index in [4.69, 9.17) is 15.2 Å². The molecule has 4 heteroatoms. The van der Waals surface area contributed by atoms with E-state index in [2.05, 4.69) is 0 Å². The van der Waals surface area contributed by atoms with E-state index in [1.807, 2.05) is 72.8 Å².